The van der Waals surface area contributed by atoms with E-state index >= 15 is 0 Å². The van der Waals surface area contributed by atoms with Crippen LogP contribution in [0.15, 0.2) is 146 Å². The van der Waals surface area contributed by atoms with Gasteiger partial charge >= 0.3 is 24.2 Å². The minimum absolute atomic E-state index is 0. The summed E-state index contributed by atoms with van der Waals surface area (Å²) in [4.78, 5) is 95.1. The summed E-state index contributed by atoms with van der Waals surface area (Å²) in [5.41, 5.74) is 9.30. The monoisotopic (exact) mass is 2180 g/mol. The summed E-state index contributed by atoms with van der Waals surface area (Å²) < 4.78 is 87.6. The molecule has 43 heteroatoms. The van der Waals surface area contributed by atoms with Gasteiger partial charge < -0.3 is 77.7 Å². The maximum atomic E-state index is 13.2. The molecule has 3 amide bonds. The van der Waals surface area contributed by atoms with E-state index in [0.717, 1.165) is 194 Å². The fourth-order valence-corrected chi connectivity index (χ4v) is 21.6. The fourth-order valence-electron chi connectivity index (χ4n) is 20.8. The van der Waals surface area contributed by atoms with Crippen LogP contribution in [0.4, 0.5) is 56.5 Å². The number of methoxy groups -OCH3 is 1. The molecule has 6 atom stereocenters. The number of piperazine rings is 3. The molecule has 18 rings (SSSR count). The summed E-state index contributed by atoms with van der Waals surface area (Å²) in [7, 11) is 9.22. The number of allylic oxidation sites excluding steroid dienone is 1. The van der Waals surface area contributed by atoms with Gasteiger partial charge in [-0.05, 0) is 164 Å². The summed E-state index contributed by atoms with van der Waals surface area (Å²) in [6.07, 6.45) is 6.24. The summed E-state index contributed by atoms with van der Waals surface area (Å²) in [5.74, 6) is 1.30. The van der Waals surface area contributed by atoms with Crippen LogP contribution in [0.5, 0.6) is 18.0 Å². The third kappa shape index (κ3) is 28.4. The summed E-state index contributed by atoms with van der Waals surface area (Å²) in [6.45, 7) is 15.2. The van der Waals surface area contributed by atoms with Crippen LogP contribution < -0.4 is 43.6 Å². The van der Waals surface area contributed by atoms with E-state index in [2.05, 4.69) is 151 Å². The van der Waals surface area contributed by atoms with Crippen molar-refractivity contribution in [3.8, 4) is 36.2 Å². The zero-order valence-electron chi connectivity index (χ0n) is 82.6. The van der Waals surface area contributed by atoms with Crippen molar-refractivity contribution >= 4 is 200 Å². The van der Waals surface area contributed by atoms with E-state index < -0.39 is 37.1 Å². The molecule has 29 nitrogen and oxygen atoms in total. The largest absolute Gasteiger partial charge is 0.462 e. The van der Waals surface area contributed by atoms with Crippen molar-refractivity contribution in [3.05, 3.63) is 194 Å². The number of carbonyl (C=O) groups is 3. The number of alkyl halides is 5. The summed E-state index contributed by atoms with van der Waals surface area (Å²) in [6, 6.07) is 43.8. The van der Waals surface area contributed by atoms with Crippen LogP contribution in [-0.2, 0) is 58.0 Å². The van der Waals surface area contributed by atoms with Gasteiger partial charge in [0.1, 0.15) is 37.3 Å². The van der Waals surface area contributed by atoms with Crippen LogP contribution in [0, 0.1) is 34.0 Å². The number of likely N-dealkylation sites (tertiary alicyclic amines) is 3. The third-order valence-electron chi connectivity index (χ3n) is 28.1. The molecule has 6 aromatic carbocycles. The Labute approximate surface area is 907 Å². The molecule has 0 saturated carbocycles. The Kier molecular flexibility index (Phi) is 44.0. The quantitative estimate of drug-likeness (QED) is 0.0341. The predicted octanol–water partition coefficient (Wildman–Crippen LogP) is 15.5. The highest BCUT2D eigenvalue weighted by atomic mass is 35.5. The minimum atomic E-state index is -4.32. The Balaban J connectivity index is 0.000000220. The number of fused-ring (bicyclic) bond motifs is 6. The van der Waals surface area contributed by atoms with Gasteiger partial charge in [-0.25, -0.2) is 8.78 Å². The lowest BCUT2D eigenvalue weighted by Gasteiger charge is -2.42. The Morgan fingerprint density at radius 2 is 0.795 bits per heavy atom. The van der Waals surface area contributed by atoms with Gasteiger partial charge in [-0.1, -0.05) is 120 Å². The number of amides is 3. The number of aromatic nitrogens is 6. The fraction of sp³-hybridized carbons (Fsp3) is 0.476. The molecule has 786 valence electrons. The second-order valence-corrected chi connectivity index (χ2v) is 38.5. The van der Waals surface area contributed by atoms with Gasteiger partial charge in [0, 0.05) is 178 Å². The molecule has 0 bridgehead atoms. The Hall–Kier alpha value is -9.94. The van der Waals surface area contributed by atoms with Gasteiger partial charge in [-0.2, -0.15) is 140 Å². The van der Waals surface area contributed by atoms with E-state index in [9.17, 15) is 52.1 Å². The van der Waals surface area contributed by atoms with Crippen molar-refractivity contribution in [3.63, 3.8) is 0 Å². The number of carbonyl (C=O) groups excluding carboxylic acids is 3. The molecule has 0 N–H and O–H groups in total. The van der Waals surface area contributed by atoms with Crippen LogP contribution in [0.25, 0.3) is 32.3 Å². The lowest BCUT2D eigenvalue weighted by molar-refractivity contribution is -0.142. The Bertz CT molecular complexity index is 6210. The number of likely N-dealkylation sites (N-methyl/N-ethyl adjacent to an activating group) is 4. The molecule has 9 aliphatic rings. The van der Waals surface area contributed by atoms with Crippen LogP contribution in [0.2, 0.25) is 15.1 Å². The van der Waals surface area contributed by atoms with Gasteiger partial charge in [0.25, 0.3) is 12.3 Å². The minimum Gasteiger partial charge on any atom is -0.462 e. The molecule has 3 aromatic heterocycles. The Morgan fingerprint density at radius 3 is 1.11 bits per heavy atom. The first-order valence-electron chi connectivity index (χ1n) is 48.0. The second kappa shape index (κ2) is 54.5. The van der Waals surface area contributed by atoms with Crippen molar-refractivity contribution in [2.45, 2.75) is 146 Å². The molecule has 0 aliphatic carbocycles. The molecular weight excluding hydrogens is 2050 g/mol. The van der Waals surface area contributed by atoms with Crippen LogP contribution >= 0.6 is 116 Å². The first-order valence-corrected chi connectivity index (χ1v) is 49.1. The van der Waals surface area contributed by atoms with Crippen molar-refractivity contribution in [1.82, 2.24) is 64.2 Å². The molecule has 6 fully saturated rings. The van der Waals surface area contributed by atoms with Gasteiger partial charge in [0.05, 0.1) is 121 Å². The number of anilines is 6. The first-order chi connectivity index (χ1) is 67.7. The van der Waals surface area contributed by atoms with Crippen LogP contribution in [0.3, 0.4) is 0 Å². The highest BCUT2D eigenvalue weighted by Gasteiger charge is 2.41. The van der Waals surface area contributed by atoms with Gasteiger partial charge in [0.15, 0.2) is 0 Å². The molecule has 0 radical (unpaired) electrons. The molecule has 0 spiro atoms. The van der Waals surface area contributed by atoms with E-state index in [1.54, 1.807) is 16.9 Å². The average Bonchev–Trinajstić information content (AvgIpc) is 0.901. The standard InChI is InChI=1S/C36H42ClF3N8O2.C34H40ClN7O3.C33H36ClF2N7O2.6H2S/c1-44(24-36(38,39)40)16-6-12-32(49)48-20-19-47(21-26(48)13-15-41)34-28-14-18-46(31-11-4-8-25-7-3-10-29(37)33(25)31)22-30(28)42-35(43-34)50-23-27-9-5-17-45(27)2;1-23(21-44-3)33(43)42-18-17-41(19-25(42)12-14-36)32-27-13-16-40(30-11-5-8-24-7-4-10-28(35)31(24)30)20-29(27)37-34(38-32)45-22-26-9-6-15-39(26)2;1-40-15-4-7-24(40)21-45-33-38-27-20-41(28-9-3-6-22-5-2-8-26(34)31(22)28)16-13-25(27)32(39-33)42-17-18-43(23(19-42)12-14-37)30(44)11-10-29(35)36;;;;;;/h3-4,6-8,10-12,26-27H,5,9,13-14,16-24H2,1-2H3;4-5,7-8,10-11,25-26H,1,6,9,12-13,15-22H2,2-3H3;2-3,5-6,8-11,23-24,29H,4,7,12-13,15-21H2,1H3;6*1H2/b12-6+;;11-10+;;;;;;/t26-,27-;25-,26-;23-,24-;;;;;;/m000....../s1. The summed E-state index contributed by atoms with van der Waals surface area (Å²) >= 11 is 20.1. The molecule has 0 unspecified atom stereocenters. The lowest BCUT2D eigenvalue weighted by Crippen LogP contribution is -2.56. The zero-order chi connectivity index (χ0) is 98.4. The molecule has 12 heterocycles. The van der Waals surface area contributed by atoms with Gasteiger partial charge in [-0.3, -0.25) is 19.3 Å². The van der Waals surface area contributed by atoms with Crippen molar-refractivity contribution in [2.75, 3.05) is 202 Å². The lowest BCUT2D eigenvalue weighted by atomic mass is 10.0. The highest BCUT2D eigenvalue weighted by molar-refractivity contribution is 7.60. The van der Waals surface area contributed by atoms with E-state index in [-0.39, 0.29) is 144 Å². The number of nitrogens with zero attached hydrogens (tertiary/aromatic N) is 22. The molecule has 9 aliphatic heterocycles. The van der Waals surface area contributed by atoms with E-state index in [0.29, 0.717) is 163 Å². The van der Waals surface area contributed by atoms with Gasteiger partial charge in [-0.15, -0.1) is 0 Å². The molecular formula is C103H130Cl3F5N22O7S6. The van der Waals surface area contributed by atoms with E-state index in [1.165, 1.54) is 24.1 Å². The van der Waals surface area contributed by atoms with Crippen molar-refractivity contribution in [1.29, 1.82) is 15.8 Å². The number of ether oxygens (including phenoxy) is 4. The molecule has 9 aromatic rings. The normalized spacial score (nSPS) is 19.5. The third-order valence-corrected chi connectivity index (χ3v) is 29.0. The topological polar surface area (TPSA) is 279 Å². The summed E-state index contributed by atoms with van der Waals surface area (Å²) in [5, 5.41) is 37.3. The van der Waals surface area contributed by atoms with Crippen molar-refractivity contribution < 1.29 is 55.3 Å². The van der Waals surface area contributed by atoms with Crippen molar-refractivity contribution in [2.24, 2.45) is 0 Å². The highest BCUT2D eigenvalue weighted by Crippen LogP contribution is 2.43. The maximum absolute atomic E-state index is 13.2. The second-order valence-electron chi connectivity index (χ2n) is 37.3. The Morgan fingerprint density at radius 1 is 0.466 bits per heavy atom. The number of hydrogen-bond acceptors (Lipinski definition) is 26. The number of benzene rings is 6. The smallest absolute Gasteiger partial charge is 0.401 e. The average molecular weight is 2180 g/mol. The maximum Gasteiger partial charge on any atom is 0.401 e. The SMILES string of the molecule is C=C(COC)C(=O)N1CCN(c2nc(OC[C@@H]3CCCN3C)nc3c2CCN(c2cccc4cccc(Cl)c24)C3)C[C@@H]1CC#N.CN(C/C=C/C(=O)N1CCN(c2nc(OC[C@@H]3CCCN3C)nc3c2CCN(c2cccc4cccc(Cl)c24)C3)C[C@@H]1CC#N)CC(F)(F)F.CN1CCC[C@H]1COc1nc2c(c(N3CCN(C(=O)/C=C/C(F)F)[C@@H](CC#N)C3)n1)CCN(c1cccc3cccc(Cl)c13)C2.S.S.S.S.S.S. The zero-order valence-corrected chi connectivity index (χ0v) is 90.9. The predicted molar refractivity (Wildman–Crippen MR) is 596 cm³/mol. The number of hydrogen-bond donors (Lipinski definition) is 0. The molecule has 146 heavy (non-hydrogen) atoms. The van der Waals surface area contributed by atoms with Gasteiger partial charge in [0.2, 0.25) is 11.8 Å². The number of halogens is 8. The van der Waals surface area contributed by atoms with E-state index in [4.69, 9.17) is 83.7 Å². The van der Waals surface area contributed by atoms with Crippen LogP contribution in [0.1, 0.15) is 91.6 Å². The molecule has 6 saturated heterocycles. The van der Waals surface area contributed by atoms with Crippen LogP contribution in [-0.4, -0.2) is 304 Å². The number of rotatable bonds is 27. The van der Waals surface area contributed by atoms with E-state index in [1.807, 2.05) is 48.5 Å². The number of nitriles is 3. The first kappa shape index (κ1) is 118.